The van der Waals surface area contributed by atoms with E-state index in [-0.39, 0.29) is 6.03 Å². The van der Waals surface area contributed by atoms with Crippen molar-refractivity contribution < 1.29 is 9.53 Å². The number of benzene rings is 1. The molecule has 1 aliphatic rings. The summed E-state index contributed by atoms with van der Waals surface area (Å²) in [6.45, 7) is 1.16. The summed E-state index contributed by atoms with van der Waals surface area (Å²) in [7, 11) is 1.59. The smallest absolute Gasteiger partial charge is 0.319 e. The number of anilines is 1. The van der Waals surface area contributed by atoms with E-state index < -0.39 is 0 Å². The summed E-state index contributed by atoms with van der Waals surface area (Å²) < 4.78 is 5.72. The molecule has 1 aromatic carbocycles. The van der Waals surface area contributed by atoms with E-state index in [9.17, 15) is 4.79 Å². The van der Waals surface area contributed by atoms with E-state index in [0.29, 0.717) is 24.8 Å². The van der Waals surface area contributed by atoms with Gasteiger partial charge >= 0.3 is 6.03 Å². The number of urea groups is 1. The number of nitrogens with two attached hydrogens (primary N) is 1. The molecule has 5 heteroatoms. The van der Waals surface area contributed by atoms with Gasteiger partial charge in [-0.2, -0.15) is 0 Å². The van der Waals surface area contributed by atoms with Crippen LogP contribution in [0.1, 0.15) is 30.7 Å². The molecular weight excluding hydrogens is 242 g/mol. The highest BCUT2D eigenvalue weighted by Gasteiger charge is 2.24. The van der Waals surface area contributed by atoms with Gasteiger partial charge in [0.05, 0.1) is 12.3 Å². The topological polar surface area (TPSA) is 76.4 Å². The molecule has 0 heterocycles. The van der Waals surface area contributed by atoms with Crippen molar-refractivity contribution in [3.8, 4) is 5.75 Å². The van der Waals surface area contributed by atoms with E-state index >= 15 is 0 Å². The molecule has 0 spiro atoms. The van der Waals surface area contributed by atoms with Gasteiger partial charge < -0.3 is 21.1 Å². The van der Waals surface area contributed by atoms with Crippen LogP contribution in [0.2, 0.25) is 0 Å². The normalized spacial score (nSPS) is 14.0. The summed E-state index contributed by atoms with van der Waals surface area (Å²) in [5.74, 6) is 1.38. The molecule has 2 amide bonds. The number of hydrogen-bond donors (Lipinski definition) is 3. The minimum Gasteiger partial charge on any atom is -0.491 e. The van der Waals surface area contributed by atoms with Gasteiger partial charge in [0.15, 0.2) is 0 Å². The first-order valence-corrected chi connectivity index (χ1v) is 6.70. The average molecular weight is 263 g/mol. The molecule has 0 radical (unpaired) electrons. The summed E-state index contributed by atoms with van der Waals surface area (Å²) in [6.07, 6.45) is 3.28. The van der Waals surface area contributed by atoms with E-state index in [0.717, 1.165) is 12.2 Å². The third-order valence-electron chi connectivity index (χ3n) is 3.14. The Labute approximate surface area is 113 Å². The van der Waals surface area contributed by atoms with Crippen molar-refractivity contribution >= 4 is 11.7 Å². The van der Waals surface area contributed by atoms with Crippen LogP contribution >= 0.6 is 0 Å². The Hall–Kier alpha value is -1.75. The van der Waals surface area contributed by atoms with Gasteiger partial charge in [-0.25, -0.2) is 4.79 Å². The van der Waals surface area contributed by atoms with Crippen LogP contribution in [-0.4, -0.2) is 26.2 Å². The maximum Gasteiger partial charge on any atom is 0.319 e. The van der Waals surface area contributed by atoms with Crippen molar-refractivity contribution in [3.63, 3.8) is 0 Å². The van der Waals surface area contributed by atoms with Crippen molar-refractivity contribution in [1.82, 2.24) is 5.32 Å². The molecule has 0 aliphatic heterocycles. The molecule has 4 N–H and O–H groups in total. The summed E-state index contributed by atoms with van der Waals surface area (Å²) in [4.78, 5) is 11.4. The molecule has 0 aromatic heterocycles. The van der Waals surface area contributed by atoms with Crippen molar-refractivity contribution in [2.45, 2.75) is 25.2 Å². The highest BCUT2D eigenvalue weighted by Crippen LogP contribution is 2.42. The van der Waals surface area contributed by atoms with E-state index in [2.05, 4.69) is 16.7 Å². The van der Waals surface area contributed by atoms with Crippen LogP contribution in [-0.2, 0) is 0 Å². The Morgan fingerprint density at radius 1 is 1.47 bits per heavy atom. The minimum absolute atomic E-state index is 0.247. The Morgan fingerprint density at radius 3 is 2.89 bits per heavy atom. The minimum atomic E-state index is -0.247. The third kappa shape index (κ3) is 3.86. The van der Waals surface area contributed by atoms with Gasteiger partial charge in [0, 0.05) is 7.05 Å². The van der Waals surface area contributed by atoms with Crippen LogP contribution in [0.3, 0.4) is 0 Å². The van der Waals surface area contributed by atoms with Crippen molar-refractivity contribution in [2.24, 2.45) is 5.73 Å². The first-order valence-electron chi connectivity index (χ1n) is 6.70. The molecule has 0 unspecified atom stereocenters. The van der Waals surface area contributed by atoms with Gasteiger partial charge in [-0.1, -0.05) is 6.07 Å². The highest BCUT2D eigenvalue weighted by atomic mass is 16.5. The molecule has 19 heavy (non-hydrogen) atoms. The van der Waals surface area contributed by atoms with Crippen LogP contribution in [0.5, 0.6) is 5.75 Å². The van der Waals surface area contributed by atoms with E-state index in [1.807, 2.05) is 12.1 Å². The molecule has 2 rings (SSSR count). The van der Waals surface area contributed by atoms with Crippen molar-refractivity contribution in [2.75, 3.05) is 25.5 Å². The molecule has 1 saturated carbocycles. The molecule has 1 aliphatic carbocycles. The Kier molecular flexibility index (Phi) is 4.63. The summed E-state index contributed by atoms with van der Waals surface area (Å²) in [6, 6.07) is 5.74. The van der Waals surface area contributed by atoms with Gasteiger partial charge in [0.25, 0.3) is 0 Å². The van der Waals surface area contributed by atoms with Gasteiger partial charge in [-0.15, -0.1) is 0 Å². The molecule has 0 atom stereocenters. The first kappa shape index (κ1) is 13.7. The summed E-state index contributed by atoms with van der Waals surface area (Å²) in [5.41, 5.74) is 7.44. The van der Waals surface area contributed by atoms with Crippen LogP contribution in [0.25, 0.3) is 0 Å². The summed E-state index contributed by atoms with van der Waals surface area (Å²) in [5, 5.41) is 5.30. The van der Waals surface area contributed by atoms with Crippen molar-refractivity contribution in [1.29, 1.82) is 0 Å². The maximum absolute atomic E-state index is 11.4. The van der Waals surface area contributed by atoms with E-state index in [1.165, 1.54) is 18.4 Å². The highest BCUT2D eigenvalue weighted by molar-refractivity contribution is 5.90. The average Bonchev–Trinajstić information content (AvgIpc) is 3.25. The zero-order valence-electron chi connectivity index (χ0n) is 11.2. The van der Waals surface area contributed by atoms with Crippen molar-refractivity contribution in [3.05, 3.63) is 23.8 Å². The summed E-state index contributed by atoms with van der Waals surface area (Å²) >= 11 is 0. The number of carbonyl (C=O) groups is 1. The monoisotopic (exact) mass is 263 g/mol. The quantitative estimate of drug-likeness (QED) is 0.687. The predicted octanol–water partition coefficient (Wildman–Crippen LogP) is 2.04. The van der Waals surface area contributed by atoms with Crippen LogP contribution in [0.15, 0.2) is 18.2 Å². The number of rotatable bonds is 6. The lowest BCUT2D eigenvalue weighted by Gasteiger charge is -2.13. The molecule has 104 valence electrons. The Bertz CT molecular complexity index is 444. The second-order valence-corrected chi connectivity index (χ2v) is 4.72. The number of carbonyl (C=O) groups excluding carboxylic acids is 1. The third-order valence-corrected chi connectivity index (χ3v) is 3.14. The number of amides is 2. The van der Waals surface area contributed by atoms with Gasteiger partial charge in [0.2, 0.25) is 0 Å². The fraction of sp³-hybridized carbons (Fsp3) is 0.500. The molecule has 1 aromatic rings. The number of nitrogens with one attached hydrogen (secondary N) is 2. The first-order chi connectivity index (χ1) is 9.24. The van der Waals surface area contributed by atoms with Crippen LogP contribution in [0, 0.1) is 0 Å². The van der Waals surface area contributed by atoms with E-state index in [1.54, 1.807) is 7.05 Å². The molecule has 0 saturated heterocycles. The molecule has 5 nitrogen and oxygen atoms in total. The largest absolute Gasteiger partial charge is 0.491 e. The number of hydrogen-bond acceptors (Lipinski definition) is 3. The second-order valence-electron chi connectivity index (χ2n) is 4.72. The fourth-order valence-corrected chi connectivity index (χ4v) is 1.88. The zero-order chi connectivity index (χ0) is 13.7. The van der Waals surface area contributed by atoms with Crippen LogP contribution in [0.4, 0.5) is 10.5 Å². The zero-order valence-corrected chi connectivity index (χ0v) is 11.2. The van der Waals surface area contributed by atoms with Gasteiger partial charge in [-0.05, 0) is 49.4 Å². The SMILES string of the molecule is CNC(=O)Nc1ccc(C2CC2)cc1OCCCN. The predicted molar refractivity (Wildman–Crippen MR) is 75.7 cm³/mol. The molecule has 1 fully saturated rings. The Balaban J connectivity index is 2.11. The lowest BCUT2D eigenvalue weighted by molar-refractivity contribution is 0.253. The van der Waals surface area contributed by atoms with E-state index in [4.69, 9.17) is 10.5 Å². The molecule has 0 bridgehead atoms. The van der Waals surface area contributed by atoms with Gasteiger partial charge in [-0.3, -0.25) is 0 Å². The lowest BCUT2D eigenvalue weighted by Crippen LogP contribution is -2.24. The lowest BCUT2D eigenvalue weighted by atomic mass is 10.1. The van der Waals surface area contributed by atoms with Crippen LogP contribution < -0.4 is 21.1 Å². The maximum atomic E-state index is 11.4. The Morgan fingerprint density at radius 2 is 2.26 bits per heavy atom. The molecular formula is C14H21N3O2. The second kappa shape index (κ2) is 6.43. The number of ether oxygens (including phenoxy) is 1. The fourth-order valence-electron chi connectivity index (χ4n) is 1.88. The van der Waals surface area contributed by atoms with Gasteiger partial charge in [0.1, 0.15) is 5.75 Å². The standard InChI is InChI=1S/C14H21N3O2/c1-16-14(18)17-12-6-5-11(10-3-4-10)9-13(12)19-8-2-7-15/h5-6,9-10H,2-4,7-8,15H2,1H3,(H2,16,17,18).